The molecule has 6 nitrogen and oxygen atoms in total. The third-order valence-electron chi connectivity index (χ3n) is 5.56. The van der Waals surface area contributed by atoms with Gasteiger partial charge < -0.3 is 19.0 Å². The third-order valence-corrected chi connectivity index (χ3v) is 6.44. The molecule has 1 heterocycles. The Morgan fingerprint density at radius 1 is 1.06 bits per heavy atom. The van der Waals surface area contributed by atoms with Crippen molar-refractivity contribution in [3.8, 4) is 0 Å². The van der Waals surface area contributed by atoms with E-state index < -0.39 is 33.4 Å². The number of aliphatic hydroxyl groups is 1. The molecule has 0 saturated heterocycles. The Bertz CT molecular complexity index is 581. The molecule has 7 heteroatoms. The van der Waals surface area contributed by atoms with E-state index in [0.29, 0.717) is 18.1 Å². The second-order valence-corrected chi connectivity index (χ2v) is 12.3. The summed E-state index contributed by atoms with van der Waals surface area (Å²) in [4.78, 5) is 22.7. The molecule has 1 N–H and O–H groups in total. The molecule has 0 aliphatic carbocycles. The van der Waals surface area contributed by atoms with Gasteiger partial charge in [0.15, 0.2) is 9.04 Å². The van der Waals surface area contributed by atoms with Crippen LogP contribution in [0.1, 0.15) is 91.9 Å². The molecule has 3 atom stereocenters. The molecule has 31 heavy (non-hydrogen) atoms. The first-order valence-electron chi connectivity index (χ1n) is 11.9. The minimum atomic E-state index is -1.30. The maximum Gasteiger partial charge on any atom is 0.333 e. The van der Waals surface area contributed by atoms with Gasteiger partial charge >= 0.3 is 11.9 Å². The Labute approximate surface area is 190 Å². The average Bonchev–Trinajstić information content (AvgIpc) is 2.97. The molecule has 0 aromatic heterocycles. The van der Waals surface area contributed by atoms with Gasteiger partial charge in [0.05, 0.1) is 0 Å². The highest BCUT2D eigenvalue weighted by molar-refractivity contribution is 6.48. The maximum atomic E-state index is 11.3. The van der Waals surface area contributed by atoms with Gasteiger partial charge in [0.2, 0.25) is 6.29 Å². The minimum absolute atomic E-state index is 0.214. The molecule has 3 unspecified atom stereocenters. The van der Waals surface area contributed by atoms with Crippen molar-refractivity contribution in [2.24, 2.45) is 5.41 Å². The molecule has 0 aromatic carbocycles. The lowest BCUT2D eigenvalue weighted by Crippen LogP contribution is -2.33. The van der Waals surface area contributed by atoms with Crippen molar-refractivity contribution < 1.29 is 28.6 Å². The Morgan fingerprint density at radius 3 is 2.00 bits per heavy atom. The maximum absolute atomic E-state index is 11.3. The SMILES string of the molecule is CC(=O)OC(CCCCCCCCCCC(O[SiH](C)C)C(C)(C)C)C1=CC(=O)OC1O. The predicted molar refractivity (Wildman–Crippen MR) is 125 cm³/mol. The summed E-state index contributed by atoms with van der Waals surface area (Å²) in [7, 11) is -1.01. The highest BCUT2D eigenvalue weighted by Crippen LogP contribution is 2.28. The monoisotopic (exact) mass is 456 g/mol. The first-order chi connectivity index (χ1) is 14.5. The molecule has 0 fully saturated rings. The number of unbranched alkanes of at least 4 members (excludes halogenated alkanes) is 7. The number of rotatable bonds is 15. The highest BCUT2D eigenvalue weighted by Gasteiger charge is 2.32. The topological polar surface area (TPSA) is 82.1 Å². The number of cyclic esters (lactones) is 1. The van der Waals surface area contributed by atoms with E-state index >= 15 is 0 Å². The van der Waals surface area contributed by atoms with Crippen molar-refractivity contribution in [1.29, 1.82) is 0 Å². The van der Waals surface area contributed by atoms with Gasteiger partial charge in [0, 0.05) is 24.7 Å². The second-order valence-electron chi connectivity index (χ2n) is 9.98. The zero-order valence-electron chi connectivity index (χ0n) is 20.4. The molecule has 0 amide bonds. The van der Waals surface area contributed by atoms with E-state index in [1.807, 2.05) is 0 Å². The standard InChI is InChI=1S/C24H44O6Si/c1-18(25)28-20(19-17-22(26)29-23(19)27)15-13-11-9-7-8-10-12-14-16-21(24(2,3)4)30-31(5)6/h17,20-21,23,27,31H,7-16H2,1-6H3. The molecular formula is C24H44O6Si. The summed E-state index contributed by atoms with van der Waals surface area (Å²) in [5.41, 5.74) is 0.559. The number of carbonyl (C=O) groups excluding carboxylic acids is 2. The summed E-state index contributed by atoms with van der Waals surface area (Å²) in [5.74, 6) is -1.02. The van der Waals surface area contributed by atoms with Crippen molar-refractivity contribution in [2.45, 2.75) is 123 Å². The van der Waals surface area contributed by atoms with Gasteiger partial charge in [-0.25, -0.2) is 4.79 Å². The minimum Gasteiger partial charge on any atom is -0.458 e. The molecule has 1 aliphatic heterocycles. The Kier molecular flexibility index (Phi) is 12.6. The normalized spacial score (nSPS) is 18.6. The van der Waals surface area contributed by atoms with Crippen LogP contribution in [0, 0.1) is 5.41 Å². The van der Waals surface area contributed by atoms with Crippen LogP contribution in [0.4, 0.5) is 0 Å². The summed E-state index contributed by atoms with van der Waals surface area (Å²) in [6.45, 7) is 12.6. The Balaban J connectivity index is 2.16. The van der Waals surface area contributed by atoms with E-state index in [1.165, 1.54) is 45.1 Å². The van der Waals surface area contributed by atoms with Crippen LogP contribution in [0.25, 0.3) is 0 Å². The molecule has 1 aliphatic rings. The predicted octanol–water partition coefficient (Wildman–Crippen LogP) is 5.04. The van der Waals surface area contributed by atoms with Crippen LogP contribution in [0.2, 0.25) is 13.1 Å². The molecule has 180 valence electrons. The number of carbonyl (C=O) groups is 2. The van der Waals surface area contributed by atoms with E-state index in [0.717, 1.165) is 25.7 Å². The first kappa shape index (κ1) is 27.9. The lowest BCUT2D eigenvalue weighted by Gasteiger charge is -2.32. The highest BCUT2D eigenvalue weighted by atomic mass is 28.3. The average molecular weight is 457 g/mol. The summed E-state index contributed by atoms with van der Waals surface area (Å²) in [6.07, 6.45) is 10.7. The first-order valence-corrected chi connectivity index (χ1v) is 14.7. The van der Waals surface area contributed by atoms with Gasteiger partial charge in [0.25, 0.3) is 0 Å². The van der Waals surface area contributed by atoms with Crippen LogP contribution in [-0.2, 0) is 23.5 Å². The fourth-order valence-electron chi connectivity index (χ4n) is 3.92. The van der Waals surface area contributed by atoms with E-state index in [1.54, 1.807) is 0 Å². The quantitative estimate of drug-likeness (QED) is 0.211. The van der Waals surface area contributed by atoms with Crippen LogP contribution in [0.15, 0.2) is 11.6 Å². The number of hydrogen-bond donors (Lipinski definition) is 1. The second kappa shape index (κ2) is 14.1. The zero-order chi connectivity index (χ0) is 23.4. The van der Waals surface area contributed by atoms with Crippen molar-refractivity contribution in [3.05, 3.63) is 11.6 Å². The summed E-state index contributed by atoms with van der Waals surface area (Å²) in [6, 6.07) is 0. The number of aliphatic hydroxyl groups excluding tert-OH is 1. The number of ether oxygens (including phenoxy) is 2. The van der Waals surface area contributed by atoms with Gasteiger partial charge in [-0.05, 0) is 37.8 Å². The smallest absolute Gasteiger partial charge is 0.333 e. The van der Waals surface area contributed by atoms with Crippen LogP contribution < -0.4 is 0 Å². The molecular weight excluding hydrogens is 412 g/mol. The number of esters is 2. The van der Waals surface area contributed by atoms with E-state index in [2.05, 4.69) is 33.9 Å². The molecule has 0 saturated carbocycles. The summed E-state index contributed by atoms with van der Waals surface area (Å²) in [5, 5.41) is 9.80. The van der Waals surface area contributed by atoms with Gasteiger partial charge in [-0.15, -0.1) is 0 Å². The van der Waals surface area contributed by atoms with Gasteiger partial charge in [-0.1, -0.05) is 65.7 Å². The summed E-state index contributed by atoms with van der Waals surface area (Å²) >= 11 is 0. The molecule has 1 rings (SSSR count). The van der Waals surface area contributed by atoms with Crippen molar-refractivity contribution in [2.75, 3.05) is 0 Å². The van der Waals surface area contributed by atoms with Crippen LogP contribution >= 0.6 is 0 Å². The van der Waals surface area contributed by atoms with Crippen molar-refractivity contribution >= 4 is 21.0 Å². The van der Waals surface area contributed by atoms with E-state index in [4.69, 9.17) is 13.9 Å². The summed E-state index contributed by atoms with van der Waals surface area (Å²) < 4.78 is 16.2. The lowest BCUT2D eigenvalue weighted by atomic mass is 9.86. The Morgan fingerprint density at radius 2 is 1.58 bits per heavy atom. The largest absolute Gasteiger partial charge is 0.458 e. The van der Waals surface area contributed by atoms with Gasteiger partial charge in [-0.2, -0.15) is 0 Å². The van der Waals surface area contributed by atoms with Crippen LogP contribution in [0.3, 0.4) is 0 Å². The van der Waals surface area contributed by atoms with Crippen molar-refractivity contribution in [3.63, 3.8) is 0 Å². The number of hydrogen-bond acceptors (Lipinski definition) is 6. The molecule has 0 aromatic rings. The van der Waals surface area contributed by atoms with Crippen molar-refractivity contribution in [1.82, 2.24) is 0 Å². The fraction of sp³-hybridized carbons (Fsp3) is 0.833. The molecule has 0 bridgehead atoms. The van der Waals surface area contributed by atoms with Gasteiger partial charge in [0.1, 0.15) is 6.10 Å². The zero-order valence-corrected chi connectivity index (χ0v) is 21.6. The van der Waals surface area contributed by atoms with Gasteiger partial charge in [-0.3, -0.25) is 4.79 Å². The van der Waals surface area contributed by atoms with Crippen LogP contribution in [0.5, 0.6) is 0 Å². The van der Waals surface area contributed by atoms with E-state index in [9.17, 15) is 14.7 Å². The molecule has 0 radical (unpaired) electrons. The lowest BCUT2D eigenvalue weighted by molar-refractivity contribution is -0.153. The third kappa shape index (κ3) is 11.9. The Hall–Kier alpha value is -1.18. The van der Waals surface area contributed by atoms with Crippen LogP contribution in [-0.4, -0.2) is 44.6 Å². The fourth-order valence-corrected chi connectivity index (χ4v) is 5.12. The van der Waals surface area contributed by atoms with E-state index in [-0.39, 0.29) is 5.41 Å². The molecule has 0 spiro atoms.